The van der Waals surface area contributed by atoms with Gasteiger partial charge in [-0.05, 0) is 44.2 Å². The molecule has 24 heavy (non-hydrogen) atoms. The predicted molar refractivity (Wildman–Crippen MR) is 94.8 cm³/mol. The molecule has 1 aromatic heterocycles. The molecule has 0 spiro atoms. The number of carbonyl (C=O) groups excluding carboxylic acids is 1. The lowest BCUT2D eigenvalue weighted by Crippen LogP contribution is -2.44. The molecular formula is C18H29N5O. The first-order chi connectivity index (χ1) is 11.7. The van der Waals surface area contributed by atoms with Crippen molar-refractivity contribution in [3.8, 4) is 0 Å². The highest BCUT2D eigenvalue weighted by atomic mass is 16.1. The van der Waals surface area contributed by atoms with Crippen molar-refractivity contribution in [3.63, 3.8) is 0 Å². The Hall–Kier alpha value is -1.69. The number of amides is 1. The number of hydrogen-bond acceptors (Lipinski definition) is 5. The summed E-state index contributed by atoms with van der Waals surface area (Å²) in [5, 5.41) is 3.14. The van der Waals surface area contributed by atoms with Crippen molar-refractivity contribution in [1.82, 2.24) is 20.2 Å². The van der Waals surface area contributed by atoms with Gasteiger partial charge in [-0.15, -0.1) is 0 Å². The summed E-state index contributed by atoms with van der Waals surface area (Å²) in [6.07, 6.45) is 7.92. The number of likely N-dealkylation sites (tertiary alicyclic amines) is 1. The van der Waals surface area contributed by atoms with E-state index in [0.29, 0.717) is 0 Å². The number of rotatable bonds is 5. The Balaban J connectivity index is 1.36. The van der Waals surface area contributed by atoms with Gasteiger partial charge in [0.15, 0.2) is 0 Å². The van der Waals surface area contributed by atoms with Gasteiger partial charge < -0.3 is 15.1 Å². The molecule has 3 heterocycles. The molecule has 2 saturated heterocycles. The highest BCUT2D eigenvalue weighted by Crippen LogP contribution is 2.20. The first-order valence-electron chi connectivity index (χ1n) is 9.24. The van der Waals surface area contributed by atoms with Crippen LogP contribution in [0.15, 0.2) is 18.5 Å². The van der Waals surface area contributed by atoms with Crippen molar-refractivity contribution in [2.45, 2.75) is 32.6 Å². The van der Waals surface area contributed by atoms with Gasteiger partial charge in [0.1, 0.15) is 0 Å². The summed E-state index contributed by atoms with van der Waals surface area (Å²) in [5.41, 5.74) is 0. The van der Waals surface area contributed by atoms with E-state index in [9.17, 15) is 4.79 Å². The van der Waals surface area contributed by atoms with Gasteiger partial charge in [-0.3, -0.25) is 4.79 Å². The second-order valence-corrected chi connectivity index (χ2v) is 7.15. The molecule has 0 radical (unpaired) electrons. The normalized spacial score (nSPS) is 23.2. The zero-order chi connectivity index (χ0) is 16.8. The third-order valence-electron chi connectivity index (χ3n) is 5.17. The fraction of sp³-hybridized carbons (Fsp3) is 0.722. The van der Waals surface area contributed by atoms with Gasteiger partial charge in [-0.1, -0.05) is 6.92 Å². The van der Waals surface area contributed by atoms with Crippen LogP contribution in [0, 0.1) is 11.8 Å². The molecule has 3 rings (SSSR count). The second kappa shape index (κ2) is 8.42. The lowest BCUT2D eigenvalue weighted by atomic mass is 9.96. The van der Waals surface area contributed by atoms with Crippen LogP contribution >= 0.6 is 0 Å². The summed E-state index contributed by atoms with van der Waals surface area (Å²) in [7, 11) is 0. The fourth-order valence-corrected chi connectivity index (χ4v) is 3.77. The molecule has 6 nitrogen and oxygen atoms in total. The molecule has 1 aromatic rings. The van der Waals surface area contributed by atoms with Crippen LogP contribution < -0.4 is 10.2 Å². The number of aromatic nitrogens is 2. The van der Waals surface area contributed by atoms with E-state index in [1.807, 2.05) is 6.07 Å². The van der Waals surface area contributed by atoms with Gasteiger partial charge in [0.2, 0.25) is 11.9 Å². The number of anilines is 1. The number of hydrogen-bond donors (Lipinski definition) is 1. The standard InChI is InChI=1S/C18H29N5O/c1-15-4-2-10-22(14-15)13-9-19-17(24)16-5-11-23(12-6-16)18-20-7-3-8-21-18/h3,7-8,15-16H,2,4-6,9-14H2,1H3,(H,19,24). The first-order valence-corrected chi connectivity index (χ1v) is 9.24. The zero-order valence-electron chi connectivity index (χ0n) is 14.7. The largest absolute Gasteiger partial charge is 0.355 e. The molecule has 1 unspecified atom stereocenters. The second-order valence-electron chi connectivity index (χ2n) is 7.15. The maximum absolute atomic E-state index is 12.4. The van der Waals surface area contributed by atoms with Gasteiger partial charge in [0.05, 0.1) is 0 Å². The average molecular weight is 331 g/mol. The molecule has 0 aromatic carbocycles. The molecule has 2 aliphatic rings. The minimum Gasteiger partial charge on any atom is -0.355 e. The van der Waals surface area contributed by atoms with Gasteiger partial charge in [0.25, 0.3) is 0 Å². The monoisotopic (exact) mass is 331 g/mol. The topological polar surface area (TPSA) is 61.4 Å². The Labute approximate surface area is 144 Å². The lowest BCUT2D eigenvalue weighted by Gasteiger charge is -2.32. The van der Waals surface area contributed by atoms with Crippen molar-refractivity contribution < 1.29 is 4.79 Å². The van der Waals surface area contributed by atoms with E-state index in [2.05, 4.69) is 32.0 Å². The molecule has 2 fully saturated rings. The van der Waals surface area contributed by atoms with Crippen LogP contribution in [0.5, 0.6) is 0 Å². The zero-order valence-corrected chi connectivity index (χ0v) is 14.7. The van der Waals surface area contributed by atoms with Crippen molar-refractivity contribution in [3.05, 3.63) is 18.5 Å². The molecule has 132 valence electrons. The Morgan fingerprint density at radius 3 is 2.67 bits per heavy atom. The van der Waals surface area contributed by atoms with E-state index in [4.69, 9.17) is 0 Å². The summed E-state index contributed by atoms with van der Waals surface area (Å²) >= 11 is 0. The van der Waals surface area contributed by atoms with Crippen molar-refractivity contribution in [2.24, 2.45) is 11.8 Å². The van der Waals surface area contributed by atoms with E-state index in [0.717, 1.165) is 50.9 Å². The van der Waals surface area contributed by atoms with Crippen LogP contribution in [0.25, 0.3) is 0 Å². The molecule has 0 aliphatic carbocycles. The molecule has 1 N–H and O–H groups in total. The summed E-state index contributed by atoms with van der Waals surface area (Å²) in [6.45, 7) is 8.12. The Morgan fingerprint density at radius 2 is 1.96 bits per heavy atom. The summed E-state index contributed by atoms with van der Waals surface area (Å²) in [4.78, 5) is 25.6. The summed E-state index contributed by atoms with van der Waals surface area (Å²) in [5.74, 6) is 1.91. The van der Waals surface area contributed by atoms with Crippen LogP contribution in [-0.2, 0) is 4.79 Å². The van der Waals surface area contributed by atoms with Crippen LogP contribution in [0.3, 0.4) is 0 Å². The first kappa shape index (κ1) is 17.1. The smallest absolute Gasteiger partial charge is 0.225 e. The fourth-order valence-electron chi connectivity index (χ4n) is 3.77. The Morgan fingerprint density at radius 1 is 1.21 bits per heavy atom. The number of piperidine rings is 2. The third kappa shape index (κ3) is 4.66. The van der Waals surface area contributed by atoms with Crippen LogP contribution in [0.2, 0.25) is 0 Å². The molecule has 0 saturated carbocycles. The van der Waals surface area contributed by atoms with Crippen molar-refractivity contribution in [1.29, 1.82) is 0 Å². The van der Waals surface area contributed by atoms with Crippen molar-refractivity contribution in [2.75, 3.05) is 44.2 Å². The summed E-state index contributed by atoms with van der Waals surface area (Å²) < 4.78 is 0. The highest BCUT2D eigenvalue weighted by molar-refractivity contribution is 5.78. The Bertz CT molecular complexity index is 515. The Kier molecular flexibility index (Phi) is 6.01. The van der Waals surface area contributed by atoms with E-state index in [-0.39, 0.29) is 11.8 Å². The van der Waals surface area contributed by atoms with E-state index in [1.54, 1.807) is 12.4 Å². The predicted octanol–water partition coefficient (Wildman–Crippen LogP) is 1.54. The van der Waals surface area contributed by atoms with E-state index in [1.165, 1.54) is 25.9 Å². The van der Waals surface area contributed by atoms with Crippen LogP contribution in [-0.4, -0.2) is 60.0 Å². The van der Waals surface area contributed by atoms with Gasteiger partial charge in [0, 0.05) is 51.0 Å². The maximum atomic E-state index is 12.4. The van der Waals surface area contributed by atoms with Crippen LogP contribution in [0.4, 0.5) is 5.95 Å². The van der Waals surface area contributed by atoms with Gasteiger partial charge >= 0.3 is 0 Å². The molecule has 1 amide bonds. The number of nitrogens with one attached hydrogen (secondary N) is 1. The highest BCUT2D eigenvalue weighted by Gasteiger charge is 2.26. The molecule has 0 bridgehead atoms. The lowest BCUT2D eigenvalue weighted by molar-refractivity contribution is -0.125. The van der Waals surface area contributed by atoms with E-state index < -0.39 is 0 Å². The third-order valence-corrected chi connectivity index (χ3v) is 5.17. The molecule has 6 heteroatoms. The average Bonchev–Trinajstić information content (AvgIpc) is 2.63. The SMILES string of the molecule is CC1CCCN(CCNC(=O)C2CCN(c3ncccn3)CC2)C1. The van der Waals surface area contributed by atoms with E-state index >= 15 is 0 Å². The molecule has 2 aliphatic heterocycles. The van der Waals surface area contributed by atoms with Gasteiger partial charge in [-0.2, -0.15) is 0 Å². The van der Waals surface area contributed by atoms with Crippen molar-refractivity contribution >= 4 is 11.9 Å². The number of carbonyl (C=O) groups is 1. The van der Waals surface area contributed by atoms with Gasteiger partial charge in [-0.25, -0.2) is 9.97 Å². The maximum Gasteiger partial charge on any atom is 0.225 e. The molecular weight excluding hydrogens is 302 g/mol. The quantitative estimate of drug-likeness (QED) is 0.887. The minimum atomic E-state index is 0.130. The molecule has 1 atom stereocenters. The minimum absolute atomic E-state index is 0.130. The number of nitrogens with zero attached hydrogens (tertiary/aromatic N) is 4. The van der Waals surface area contributed by atoms with Crippen LogP contribution in [0.1, 0.15) is 32.6 Å². The summed E-state index contributed by atoms with van der Waals surface area (Å²) in [6, 6.07) is 1.83.